The first kappa shape index (κ1) is 12.0. The second kappa shape index (κ2) is 5.69. The highest BCUT2D eigenvalue weighted by molar-refractivity contribution is 4.83. The smallest absolute Gasteiger partial charge is 0.0232 e. The minimum atomic E-state index is 0.697. The molecular formula is C11H25N3. The Balaban J connectivity index is 2.26. The van der Waals surface area contributed by atoms with E-state index in [-0.39, 0.29) is 0 Å². The molecule has 1 aliphatic heterocycles. The van der Waals surface area contributed by atoms with Crippen LogP contribution in [0.15, 0.2) is 0 Å². The number of likely N-dealkylation sites (N-methyl/N-ethyl adjacent to an activating group) is 1. The van der Waals surface area contributed by atoms with Gasteiger partial charge in [-0.3, -0.25) is 4.90 Å². The Bertz CT molecular complexity index is 159. The topological polar surface area (TPSA) is 32.5 Å². The first-order valence-electron chi connectivity index (χ1n) is 5.79. The highest BCUT2D eigenvalue weighted by atomic mass is 15.2. The minimum Gasteiger partial charge on any atom is -0.330 e. The monoisotopic (exact) mass is 199 g/mol. The lowest BCUT2D eigenvalue weighted by molar-refractivity contribution is 0.213. The molecule has 14 heavy (non-hydrogen) atoms. The van der Waals surface area contributed by atoms with Crippen molar-refractivity contribution in [2.24, 2.45) is 5.73 Å². The molecule has 0 aromatic rings. The molecule has 3 heteroatoms. The fourth-order valence-corrected chi connectivity index (χ4v) is 2.12. The van der Waals surface area contributed by atoms with Crippen molar-refractivity contribution in [3.63, 3.8) is 0 Å². The quantitative estimate of drug-likeness (QED) is 0.709. The van der Waals surface area contributed by atoms with Crippen molar-refractivity contribution in [3.8, 4) is 0 Å². The van der Waals surface area contributed by atoms with Gasteiger partial charge in [-0.05, 0) is 46.8 Å². The third-order valence-electron chi connectivity index (χ3n) is 3.26. The van der Waals surface area contributed by atoms with Gasteiger partial charge in [-0.1, -0.05) is 0 Å². The molecule has 1 aliphatic rings. The third kappa shape index (κ3) is 3.23. The molecule has 2 N–H and O–H groups in total. The van der Waals surface area contributed by atoms with E-state index in [9.17, 15) is 0 Å². The van der Waals surface area contributed by atoms with Crippen molar-refractivity contribution in [2.75, 3.05) is 33.2 Å². The van der Waals surface area contributed by atoms with Crippen molar-refractivity contribution in [1.82, 2.24) is 9.80 Å². The average molecular weight is 199 g/mol. The first-order valence-corrected chi connectivity index (χ1v) is 5.79. The summed E-state index contributed by atoms with van der Waals surface area (Å²) in [6.07, 6.45) is 2.44. The molecule has 0 amide bonds. The lowest BCUT2D eigenvalue weighted by atomic mass is 10.2. The molecule has 1 saturated heterocycles. The third-order valence-corrected chi connectivity index (χ3v) is 3.26. The van der Waals surface area contributed by atoms with Crippen LogP contribution in [-0.2, 0) is 0 Å². The lowest BCUT2D eigenvalue weighted by Gasteiger charge is -2.25. The van der Waals surface area contributed by atoms with E-state index >= 15 is 0 Å². The van der Waals surface area contributed by atoms with E-state index in [4.69, 9.17) is 5.73 Å². The molecule has 0 spiro atoms. The Hall–Kier alpha value is -0.120. The summed E-state index contributed by atoms with van der Waals surface area (Å²) in [7, 11) is 2.23. The van der Waals surface area contributed by atoms with Crippen LogP contribution < -0.4 is 5.73 Å². The van der Waals surface area contributed by atoms with Gasteiger partial charge in [-0.15, -0.1) is 0 Å². The van der Waals surface area contributed by atoms with Gasteiger partial charge in [-0.25, -0.2) is 0 Å². The molecule has 0 aromatic heterocycles. The van der Waals surface area contributed by atoms with Gasteiger partial charge in [0.05, 0.1) is 0 Å². The fourth-order valence-electron chi connectivity index (χ4n) is 2.12. The highest BCUT2D eigenvalue weighted by Crippen LogP contribution is 2.16. The molecule has 1 atom stereocenters. The normalized spacial score (nSPS) is 24.0. The molecule has 84 valence electrons. The number of nitrogens with zero attached hydrogens (tertiary/aromatic N) is 2. The molecular weight excluding hydrogens is 174 g/mol. The van der Waals surface area contributed by atoms with Crippen molar-refractivity contribution in [2.45, 2.75) is 38.8 Å². The van der Waals surface area contributed by atoms with Crippen LogP contribution in [-0.4, -0.2) is 55.1 Å². The molecule has 0 aliphatic carbocycles. The van der Waals surface area contributed by atoms with Crippen molar-refractivity contribution < 1.29 is 0 Å². The summed E-state index contributed by atoms with van der Waals surface area (Å²) in [6, 6.07) is 1.45. The van der Waals surface area contributed by atoms with Crippen LogP contribution in [0.2, 0.25) is 0 Å². The zero-order chi connectivity index (χ0) is 10.6. The van der Waals surface area contributed by atoms with Crippen LogP contribution in [0.1, 0.15) is 26.7 Å². The SMILES string of the molecule is CC(C)N1CCC(N(C)CCCN)C1. The predicted octanol–water partition coefficient (Wildman–Crippen LogP) is 0.750. The largest absolute Gasteiger partial charge is 0.330 e. The van der Waals surface area contributed by atoms with Gasteiger partial charge >= 0.3 is 0 Å². The summed E-state index contributed by atoms with van der Waals surface area (Å²) in [4.78, 5) is 5.03. The summed E-state index contributed by atoms with van der Waals surface area (Å²) >= 11 is 0. The van der Waals surface area contributed by atoms with Crippen LogP contribution >= 0.6 is 0 Å². The van der Waals surface area contributed by atoms with Gasteiger partial charge in [0.25, 0.3) is 0 Å². The molecule has 0 bridgehead atoms. The van der Waals surface area contributed by atoms with Gasteiger partial charge in [0.15, 0.2) is 0 Å². The van der Waals surface area contributed by atoms with Gasteiger partial charge in [0, 0.05) is 25.2 Å². The van der Waals surface area contributed by atoms with E-state index in [1.54, 1.807) is 0 Å². The zero-order valence-electron chi connectivity index (χ0n) is 9.87. The number of likely N-dealkylation sites (tertiary alicyclic amines) is 1. The Morgan fingerprint density at radius 3 is 2.71 bits per heavy atom. The van der Waals surface area contributed by atoms with E-state index in [2.05, 4.69) is 30.7 Å². The lowest BCUT2D eigenvalue weighted by Crippen LogP contribution is -2.37. The summed E-state index contributed by atoms with van der Waals surface area (Å²) in [5.41, 5.74) is 5.51. The van der Waals surface area contributed by atoms with Crippen LogP contribution in [0.4, 0.5) is 0 Å². The maximum absolute atomic E-state index is 5.51. The van der Waals surface area contributed by atoms with Gasteiger partial charge < -0.3 is 10.6 Å². The molecule has 1 heterocycles. The standard InChI is InChI=1S/C11H25N3/c1-10(2)14-8-5-11(9-14)13(3)7-4-6-12/h10-11H,4-9,12H2,1-3H3. The van der Waals surface area contributed by atoms with Crippen molar-refractivity contribution >= 4 is 0 Å². The Morgan fingerprint density at radius 2 is 2.21 bits per heavy atom. The molecule has 0 aromatic carbocycles. The van der Waals surface area contributed by atoms with Crippen LogP contribution in [0, 0.1) is 0 Å². The summed E-state index contributed by atoms with van der Waals surface area (Å²) < 4.78 is 0. The maximum Gasteiger partial charge on any atom is 0.0232 e. The second-order valence-electron chi connectivity index (χ2n) is 4.65. The molecule has 1 unspecified atom stereocenters. The summed E-state index contributed by atoms with van der Waals surface area (Å²) in [5.74, 6) is 0. The van der Waals surface area contributed by atoms with Crippen LogP contribution in [0.3, 0.4) is 0 Å². The molecule has 3 nitrogen and oxygen atoms in total. The second-order valence-corrected chi connectivity index (χ2v) is 4.65. The van der Waals surface area contributed by atoms with E-state index in [1.165, 1.54) is 19.5 Å². The fraction of sp³-hybridized carbons (Fsp3) is 1.00. The Morgan fingerprint density at radius 1 is 1.50 bits per heavy atom. The number of hydrogen-bond donors (Lipinski definition) is 1. The molecule has 1 fully saturated rings. The van der Waals surface area contributed by atoms with Crippen molar-refractivity contribution in [1.29, 1.82) is 0 Å². The van der Waals surface area contributed by atoms with E-state index in [1.807, 2.05) is 0 Å². The molecule has 1 rings (SSSR count). The van der Waals surface area contributed by atoms with Crippen LogP contribution in [0.5, 0.6) is 0 Å². The summed E-state index contributed by atoms with van der Waals surface area (Å²) in [6.45, 7) is 9.01. The average Bonchev–Trinajstić information content (AvgIpc) is 2.62. The number of hydrogen-bond acceptors (Lipinski definition) is 3. The van der Waals surface area contributed by atoms with Gasteiger partial charge in [0.1, 0.15) is 0 Å². The van der Waals surface area contributed by atoms with Gasteiger partial charge in [-0.2, -0.15) is 0 Å². The van der Waals surface area contributed by atoms with Crippen LogP contribution in [0.25, 0.3) is 0 Å². The Kier molecular flexibility index (Phi) is 4.85. The van der Waals surface area contributed by atoms with Crippen molar-refractivity contribution in [3.05, 3.63) is 0 Å². The maximum atomic E-state index is 5.51. The predicted molar refractivity (Wildman–Crippen MR) is 61.4 cm³/mol. The van der Waals surface area contributed by atoms with E-state index < -0.39 is 0 Å². The minimum absolute atomic E-state index is 0.697. The number of rotatable bonds is 5. The van der Waals surface area contributed by atoms with E-state index in [0.717, 1.165) is 25.6 Å². The summed E-state index contributed by atoms with van der Waals surface area (Å²) in [5, 5.41) is 0. The van der Waals surface area contributed by atoms with E-state index in [0.29, 0.717) is 6.04 Å². The highest BCUT2D eigenvalue weighted by Gasteiger charge is 2.26. The number of nitrogens with two attached hydrogens (primary N) is 1. The molecule has 0 saturated carbocycles. The zero-order valence-corrected chi connectivity index (χ0v) is 9.87. The molecule has 0 radical (unpaired) electrons. The first-order chi connectivity index (χ1) is 6.65. The Labute approximate surface area is 88.2 Å². The van der Waals surface area contributed by atoms with Gasteiger partial charge in [0.2, 0.25) is 0 Å².